The van der Waals surface area contributed by atoms with Crippen LogP contribution in [0.1, 0.15) is 42.9 Å². The molecule has 2 aliphatic heterocycles. The van der Waals surface area contributed by atoms with Crippen molar-refractivity contribution in [1.29, 1.82) is 0 Å². The Bertz CT molecular complexity index is 972. The van der Waals surface area contributed by atoms with Gasteiger partial charge in [0.15, 0.2) is 6.23 Å². The van der Waals surface area contributed by atoms with Crippen LogP contribution in [0.3, 0.4) is 0 Å². The first-order valence-electron chi connectivity index (χ1n) is 9.66. The molecular formula is C19H27N5O4S. The number of urea groups is 1. The highest BCUT2D eigenvalue weighted by Crippen LogP contribution is 2.53. The monoisotopic (exact) mass is 421 g/mol. The lowest BCUT2D eigenvalue weighted by molar-refractivity contribution is 0.139. The number of amides is 2. The summed E-state index contributed by atoms with van der Waals surface area (Å²) >= 11 is 1.52. The largest absolute Gasteiger partial charge is 0.383 e. The zero-order valence-corrected chi connectivity index (χ0v) is 18.2. The van der Waals surface area contributed by atoms with E-state index in [0.717, 1.165) is 21.0 Å². The maximum atomic E-state index is 13.5. The molecule has 0 bridgehead atoms. The van der Waals surface area contributed by atoms with E-state index in [9.17, 15) is 9.59 Å². The van der Waals surface area contributed by atoms with Crippen molar-refractivity contribution in [3.05, 3.63) is 32.8 Å². The van der Waals surface area contributed by atoms with Crippen LogP contribution in [0.25, 0.3) is 0 Å². The molecule has 1 N–H and O–H groups in total. The van der Waals surface area contributed by atoms with Crippen molar-refractivity contribution >= 4 is 22.4 Å². The predicted octanol–water partition coefficient (Wildman–Crippen LogP) is 2.32. The van der Waals surface area contributed by atoms with Crippen molar-refractivity contribution in [1.82, 2.24) is 19.7 Å². The zero-order chi connectivity index (χ0) is 20.9. The number of aromatic nitrogens is 3. The van der Waals surface area contributed by atoms with Gasteiger partial charge < -0.3 is 9.47 Å². The number of methoxy groups -OCH3 is 1. The van der Waals surface area contributed by atoms with Crippen LogP contribution >= 0.6 is 11.3 Å². The molecule has 0 spiro atoms. The predicted molar refractivity (Wildman–Crippen MR) is 109 cm³/mol. The van der Waals surface area contributed by atoms with E-state index in [2.05, 4.69) is 30.9 Å². The quantitative estimate of drug-likeness (QED) is 0.722. The number of H-pyrrole nitrogens is 1. The molecule has 2 amide bonds. The number of epoxide rings is 1. The molecule has 1 saturated heterocycles. The Balaban J connectivity index is 1.73. The van der Waals surface area contributed by atoms with Crippen molar-refractivity contribution in [3.63, 3.8) is 0 Å². The molecule has 4 heterocycles. The number of thiophene rings is 1. The Morgan fingerprint density at radius 3 is 2.72 bits per heavy atom. The van der Waals surface area contributed by atoms with E-state index in [1.807, 2.05) is 11.8 Å². The summed E-state index contributed by atoms with van der Waals surface area (Å²) in [4.78, 5) is 32.5. The van der Waals surface area contributed by atoms with Gasteiger partial charge in [-0.1, -0.05) is 20.8 Å². The molecule has 2 aliphatic rings. The van der Waals surface area contributed by atoms with Gasteiger partial charge >= 0.3 is 11.7 Å². The van der Waals surface area contributed by atoms with Crippen molar-refractivity contribution in [2.24, 2.45) is 5.41 Å². The smallest absolute Gasteiger partial charge is 0.343 e. The van der Waals surface area contributed by atoms with Gasteiger partial charge in [0, 0.05) is 24.1 Å². The van der Waals surface area contributed by atoms with Gasteiger partial charge in [0.25, 0.3) is 0 Å². The molecule has 158 valence electrons. The Labute approximate surface area is 173 Å². The van der Waals surface area contributed by atoms with Crippen molar-refractivity contribution in [3.8, 4) is 0 Å². The second kappa shape index (κ2) is 7.26. The second-order valence-electron chi connectivity index (χ2n) is 8.68. The summed E-state index contributed by atoms with van der Waals surface area (Å²) in [5.74, 6) is 0. The van der Waals surface area contributed by atoms with E-state index in [-0.39, 0.29) is 29.5 Å². The number of nitrogens with zero attached hydrogens (tertiary/aromatic N) is 4. The van der Waals surface area contributed by atoms with Crippen LogP contribution in [-0.2, 0) is 16.0 Å². The second-order valence-corrected chi connectivity index (χ2v) is 9.77. The van der Waals surface area contributed by atoms with Crippen LogP contribution in [0.4, 0.5) is 9.80 Å². The van der Waals surface area contributed by atoms with Crippen LogP contribution in [0.2, 0.25) is 0 Å². The number of fused-ring (bicyclic) bond motifs is 3. The topological polar surface area (TPSA) is 96.0 Å². The molecule has 0 aromatic carbocycles. The lowest BCUT2D eigenvalue weighted by atomic mass is 9.96. The number of anilines is 1. The summed E-state index contributed by atoms with van der Waals surface area (Å²) in [5.41, 5.74) is 1.80. The average Bonchev–Trinajstić information content (AvgIpc) is 3.23. The van der Waals surface area contributed by atoms with Gasteiger partial charge in [-0.2, -0.15) is 5.10 Å². The van der Waals surface area contributed by atoms with E-state index >= 15 is 0 Å². The average molecular weight is 422 g/mol. The first-order chi connectivity index (χ1) is 13.7. The first-order valence-corrected chi connectivity index (χ1v) is 10.5. The van der Waals surface area contributed by atoms with Crippen molar-refractivity contribution in [2.75, 3.05) is 31.7 Å². The van der Waals surface area contributed by atoms with Crippen LogP contribution in [0.15, 0.2) is 11.1 Å². The van der Waals surface area contributed by atoms with Gasteiger partial charge in [-0.05, 0) is 17.9 Å². The fraction of sp³-hybridized carbons (Fsp3) is 0.632. The Hall–Kier alpha value is -2.17. The van der Waals surface area contributed by atoms with E-state index in [1.165, 1.54) is 22.3 Å². The van der Waals surface area contributed by atoms with Crippen molar-refractivity contribution < 1.29 is 14.3 Å². The standard InChI is InChI=1S/C19H27N5O4S/c1-11-12(8-24-17(25)20-10-21-24)29-16-13(11)14-15(28-14)23(9-19(2,3)4)18(26)22(16)6-7-27-5/h10,14-15H,6-9H2,1-5H3,(H,20,21,25). The summed E-state index contributed by atoms with van der Waals surface area (Å²) in [6, 6.07) is -0.0621. The number of carbonyl (C=O) groups is 1. The SMILES string of the molecule is COCCN1C(=O)N(CC(C)(C)C)C2OC2c2c1sc(Cn1nc[nH]c1=O)c2C. The normalized spacial score (nSPS) is 21.2. The Kier molecular flexibility index (Phi) is 5.04. The first kappa shape index (κ1) is 20.1. The lowest BCUT2D eigenvalue weighted by Gasteiger charge is -2.32. The lowest BCUT2D eigenvalue weighted by Crippen LogP contribution is -2.48. The molecule has 2 unspecified atom stereocenters. The molecule has 0 aliphatic carbocycles. The van der Waals surface area contributed by atoms with Gasteiger partial charge in [0.1, 0.15) is 17.4 Å². The third-order valence-electron chi connectivity index (χ3n) is 5.13. The van der Waals surface area contributed by atoms with Gasteiger partial charge in [-0.3, -0.25) is 14.8 Å². The third kappa shape index (κ3) is 3.72. The fourth-order valence-corrected chi connectivity index (χ4v) is 5.07. The van der Waals surface area contributed by atoms with E-state index in [1.54, 1.807) is 12.0 Å². The summed E-state index contributed by atoms with van der Waals surface area (Å²) in [5, 5.41) is 4.94. The van der Waals surface area contributed by atoms with Crippen LogP contribution in [0.5, 0.6) is 0 Å². The molecule has 29 heavy (non-hydrogen) atoms. The number of hydrogen-bond acceptors (Lipinski definition) is 6. The molecule has 9 nitrogen and oxygen atoms in total. The van der Waals surface area contributed by atoms with E-state index in [4.69, 9.17) is 9.47 Å². The molecular weight excluding hydrogens is 394 g/mol. The highest BCUT2D eigenvalue weighted by atomic mass is 32.1. The maximum Gasteiger partial charge on any atom is 0.343 e. The molecule has 10 heteroatoms. The van der Waals surface area contributed by atoms with Crippen LogP contribution in [-0.4, -0.2) is 58.7 Å². The number of ether oxygens (including phenoxy) is 2. The number of nitrogens with one attached hydrogen (secondary N) is 1. The maximum absolute atomic E-state index is 13.5. The summed E-state index contributed by atoms with van der Waals surface area (Å²) in [6.07, 6.45) is 1.00. The fourth-order valence-electron chi connectivity index (χ4n) is 3.73. The van der Waals surface area contributed by atoms with Crippen LogP contribution < -0.4 is 10.6 Å². The minimum absolute atomic E-state index is 0.0435. The van der Waals surface area contributed by atoms with Crippen LogP contribution in [0, 0.1) is 12.3 Å². The van der Waals surface area contributed by atoms with Gasteiger partial charge in [-0.15, -0.1) is 11.3 Å². The van der Waals surface area contributed by atoms with E-state index < -0.39 is 0 Å². The molecule has 2 aromatic rings. The Morgan fingerprint density at radius 1 is 1.34 bits per heavy atom. The highest BCUT2D eigenvalue weighted by Gasteiger charge is 2.54. The molecule has 2 aromatic heterocycles. The Morgan fingerprint density at radius 2 is 2.10 bits per heavy atom. The third-order valence-corrected chi connectivity index (χ3v) is 6.45. The van der Waals surface area contributed by atoms with Gasteiger partial charge in [-0.25, -0.2) is 14.3 Å². The summed E-state index contributed by atoms with van der Waals surface area (Å²) in [6.45, 7) is 10.2. The zero-order valence-electron chi connectivity index (χ0n) is 17.4. The van der Waals surface area contributed by atoms with Crippen molar-refractivity contribution in [2.45, 2.75) is 46.6 Å². The van der Waals surface area contributed by atoms with E-state index in [0.29, 0.717) is 26.2 Å². The number of hydrogen-bond donors (Lipinski definition) is 1. The minimum Gasteiger partial charge on any atom is -0.383 e. The highest BCUT2D eigenvalue weighted by molar-refractivity contribution is 7.16. The molecule has 1 fully saturated rings. The molecule has 4 rings (SSSR count). The number of rotatable bonds is 6. The molecule has 0 radical (unpaired) electrons. The van der Waals surface area contributed by atoms with Gasteiger partial charge in [0.2, 0.25) is 0 Å². The summed E-state index contributed by atoms with van der Waals surface area (Å²) < 4.78 is 12.6. The number of carbonyl (C=O) groups excluding carboxylic acids is 1. The minimum atomic E-state index is -0.253. The molecule has 2 atom stereocenters. The summed E-state index contributed by atoms with van der Waals surface area (Å²) in [7, 11) is 1.63. The number of aromatic amines is 1. The van der Waals surface area contributed by atoms with Gasteiger partial charge in [0.05, 0.1) is 19.7 Å². The molecule has 0 saturated carbocycles.